The van der Waals surface area contributed by atoms with Crippen molar-refractivity contribution in [1.29, 1.82) is 0 Å². The fraction of sp³-hybridized carbons (Fsp3) is 0.118. The van der Waals surface area contributed by atoms with Crippen molar-refractivity contribution in [3.05, 3.63) is 59.2 Å². The molecule has 0 spiro atoms. The molecular weight excluding hydrogens is 319 g/mol. The molecule has 1 aromatic heterocycles. The molecule has 0 saturated carbocycles. The summed E-state index contributed by atoms with van der Waals surface area (Å²) in [7, 11) is 0. The number of thiophene rings is 1. The molecule has 0 aliphatic rings. The van der Waals surface area contributed by atoms with Gasteiger partial charge in [-0.1, -0.05) is 12.1 Å². The fourth-order valence-corrected chi connectivity index (χ4v) is 3.13. The third-order valence-corrected chi connectivity index (χ3v) is 4.30. The molecule has 4 nitrogen and oxygen atoms in total. The van der Waals surface area contributed by atoms with Gasteiger partial charge in [0, 0.05) is 10.1 Å². The fourth-order valence-electron chi connectivity index (χ4n) is 2.14. The normalized spacial score (nSPS) is 10.7. The quantitative estimate of drug-likeness (QED) is 0.688. The number of fused-ring (bicyclic) bond motifs is 1. The lowest BCUT2D eigenvalue weighted by Crippen LogP contribution is -2.10. The summed E-state index contributed by atoms with van der Waals surface area (Å²) in [5.41, 5.74) is 0. The van der Waals surface area contributed by atoms with Crippen LogP contribution in [0.3, 0.4) is 0 Å². The number of ether oxygens (including phenoxy) is 2. The number of carbonyl (C=O) groups is 1. The van der Waals surface area contributed by atoms with Gasteiger partial charge in [0.05, 0.1) is 0 Å². The van der Waals surface area contributed by atoms with Crippen LogP contribution in [0.25, 0.3) is 10.1 Å². The van der Waals surface area contributed by atoms with Crippen LogP contribution in [0.2, 0.25) is 0 Å². The highest BCUT2D eigenvalue weighted by Gasteiger charge is 2.18. The standard InChI is InChI=1S/C17H13FO4S/c18-11-5-7-12(8-6-11)21-9-10-22-15-13-3-1-2-4-14(13)23-16(15)17(19)20/h1-8H,9-10H2,(H,19,20). The van der Waals surface area contributed by atoms with Crippen LogP contribution in [0.15, 0.2) is 48.5 Å². The average molecular weight is 332 g/mol. The number of rotatable bonds is 6. The van der Waals surface area contributed by atoms with Crippen LogP contribution < -0.4 is 9.47 Å². The zero-order valence-electron chi connectivity index (χ0n) is 12.0. The van der Waals surface area contributed by atoms with E-state index in [1.165, 1.54) is 35.6 Å². The minimum atomic E-state index is -1.01. The molecule has 0 amide bonds. The summed E-state index contributed by atoms with van der Waals surface area (Å²) in [4.78, 5) is 11.5. The SMILES string of the molecule is O=C(O)c1sc2ccccc2c1OCCOc1ccc(F)cc1. The van der Waals surface area contributed by atoms with Crippen molar-refractivity contribution >= 4 is 27.4 Å². The molecule has 0 bridgehead atoms. The van der Waals surface area contributed by atoms with E-state index in [2.05, 4.69) is 0 Å². The number of halogens is 1. The maximum Gasteiger partial charge on any atom is 0.349 e. The second-order valence-electron chi connectivity index (χ2n) is 4.71. The molecule has 23 heavy (non-hydrogen) atoms. The zero-order valence-corrected chi connectivity index (χ0v) is 12.8. The molecule has 3 rings (SSSR count). The number of aromatic carboxylic acids is 1. The van der Waals surface area contributed by atoms with E-state index in [4.69, 9.17) is 9.47 Å². The minimum absolute atomic E-state index is 0.174. The molecule has 3 aromatic rings. The van der Waals surface area contributed by atoms with Gasteiger partial charge < -0.3 is 14.6 Å². The maximum absolute atomic E-state index is 12.8. The van der Waals surface area contributed by atoms with Gasteiger partial charge in [-0.2, -0.15) is 0 Å². The van der Waals surface area contributed by atoms with Crippen molar-refractivity contribution in [1.82, 2.24) is 0 Å². The lowest BCUT2D eigenvalue weighted by molar-refractivity contribution is 0.0697. The van der Waals surface area contributed by atoms with Gasteiger partial charge in [-0.05, 0) is 36.4 Å². The minimum Gasteiger partial charge on any atom is -0.490 e. The van der Waals surface area contributed by atoms with Gasteiger partial charge in [0.1, 0.15) is 24.8 Å². The molecule has 2 aromatic carbocycles. The Hall–Kier alpha value is -2.60. The summed E-state index contributed by atoms with van der Waals surface area (Å²) in [5.74, 6) is -0.450. The molecule has 118 valence electrons. The van der Waals surface area contributed by atoms with Crippen LogP contribution in [0, 0.1) is 5.82 Å². The van der Waals surface area contributed by atoms with Crippen molar-refractivity contribution in [2.75, 3.05) is 13.2 Å². The lowest BCUT2D eigenvalue weighted by Gasteiger charge is -2.08. The molecular formula is C17H13FO4S. The summed E-state index contributed by atoms with van der Waals surface area (Å²) in [6, 6.07) is 13.0. The van der Waals surface area contributed by atoms with Gasteiger partial charge >= 0.3 is 5.97 Å². The van der Waals surface area contributed by atoms with E-state index in [1.807, 2.05) is 24.3 Å². The molecule has 0 unspecified atom stereocenters. The maximum atomic E-state index is 12.8. The Labute approximate surface area is 135 Å². The summed E-state index contributed by atoms with van der Waals surface area (Å²) >= 11 is 1.18. The first-order chi connectivity index (χ1) is 11.1. The molecule has 0 aliphatic carbocycles. The number of benzene rings is 2. The van der Waals surface area contributed by atoms with Gasteiger partial charge in [0.15, 0.2) is 10.6 Å². The van der Waals surface area contributed by atoms with Crippen LogP contribution in [-0.4, -0.2) is 24.3 Å². The van der Waals surface area contributed by atoms with Crippen molar-refractivity contribution in [3.8, 4) is 11.5 Å². The number of hydrogen-bond donors (Lipinski definition) is 1. The van der Waals surface area contributed by atoms with Gasteiger partial charge in [0.2, 0.25) is 0 Å². The van der Waals surface area contributed by atoms with Crippen molar-refractivity contribution in [2.24, 2.45) is 0 Å². The van der Waals surface area contributed by atoms with Gasteiger partial charge in [-0.3, -0.25) is 0 Å². The molecule has 1 N–H and O–H groups in total. The molecule has 0 saturated heterocycles. The first-order valence-corrected chi connectivity index (χ1v) is 7.73. The Morgan fingerprint density at radius 3 is 2.48 bits per heavy atom. The van der Waals surface area contributed by atoms with Crippen molar-refractivity contribution < 1.29 is 23.8 Å². The van der Waals surface area contributed by atoms with Crippen molar-refractivity contribution in [2.45, 2.75) is 0 Å². The smallest absolute Gasteiger partial charge is 0.349 e. The second kappa shape index (κ2) is 6.66. The predicted molar refractivity (Wildman–Crippen MR) is 86.2 cm³/mol. The molecule has 0 fully saturated rings. The van der Waals surface area contributed by atoms with Crippen LogP contribution >= 0.6 is 11.3 Å². The second-order valence-corrected chi connectivity index (χ2v) is 5.76. The summed E-state index contributed by atoms with van der Waals surface area (Å²) in [6.07, 6.45) is 0. The van der Waals surface area contributed by atoms with Crippen LogP contribution in [0.5, 0.6) is 11.5 Å². The van der Waals surface area contributed by atoms with Gasteiger partial charge in [-0.25, -0.2) is 9.18 Å². The van der Waals surface area contributed by atoms with E-state index < -0.39 is 5.97 Å². The third-order valence-electron chi connectivity index (χ3n) is 3.16. The first-order valence-electron chi connectivity index (χ1n) is 6.91. The van der Waals surface area contributed by atoms with Gasteiger partial charge in [-0.15, -0.1) is 11.3 Å². The van der Waals surface area contributed by atoms with E-state index in [1.54, 1.807) is 0 Å². The molecule has 0 radical (unpaired) electrons. The van der Waals surface area contributed by atoms with E-state index in [0.717, 1.165) is 10.1 Å². The number of carboxylic acid groups (broad SMARTS) is 1. The highest BCUT2D eigenvalue weighted by Crippen LogP contribution is 2.37. The van der Waals surface area contributed by atoms with E-state index in [0.29, 0.717) is 11.5 Å². The van der Waals surface area contributed by atoms with E-state index >= 15 is 0 Å². The topological polar surface area (TPSA) is 55.8 Å². The molecule has 0 aliphatic heterocycles. The highest BCUT2D eigenvalue weighted by molar-refractivity contribution is 7.21. The summed E-state index contributed by atoms with van der Waals surface area (Å²) < 4.78 is 24.7. The largest absolute Gasteiger partial charge is 0.490 e. The van der Waals surface area contributed by atoms with E-state index in [-0.39, 0.29) is 23.9 Å². The third kappa shape index (κ3) is 3.43. The highest BCUT2D eigenvalue weighted by atomic mass is 32.1. The summed E-state index contributed by atoms with van der Waals surface area (Å²) in [5, 5.41) is 10.1. The molecule has 1 heterocycles. The Morgan fingerprint density at radius 2 is 1.74 bits per heavy atom. The Balaban J connectivity index is 1.68. The monoisotopic (exact) mass is 332 g/mol. The zero-order chi connectivity index (χ0) is 16.2. The average Bonchev–Trinajstić information content (AvgIpc) is 2.92. The number of carboxylic acids is 1. The lowest BCUT2D eigenvalue weighted by atomic mass is 10.2. The number of hydrogen-bond acceptors (Lipinski definition) is 4. The first kappa shape index (κ1) is 15.3. The predicted octanol–water partition coefficient (Wildman–Crippen LogP) is 4.20. The van der Waals surface area contributed by atoms with Crippen LogP contribution in [-0.2, 0) is 0 Å². The van der Waals surface area contributed by atoms with Gasteiger partial charge in [0.25, 0.3) is 0 Å². The Bertz CT molecular complexity index is 826. The Morgan fingerprint density at radius 1 is 1.04 bits per heavy atom. The van der Waals surface area contributed by atoms with Crippen LogP contribution in [0.1, 0.15) is 9.67 Å². The Kier molecular flexibility index (Phi) is 4.43. The van der Waals surface area contributed by atoms with Crippen LogP contribution in [0.4, 0.5) is 4.39 Å². The summed E-state index contributed by atoms with van der Waals surface area (Å²) in [6.45, 7) is 0.424. The van der Waals surface area contributed by atoms with Crippen molar-refractivity contribution in [3.63, 3.8) is 0 Å². The van der Waals surface area contributed by atoms with E-state index in [9.17, 15) is 14.3 Å². The molecule has 0 atom stereocenters. The molecule has 6 heteroatoms.